The molecule has 112 valence electrons. The molecule has 1 aromatic carbocycles. The largest absolute Gasteiger partial charge is 0.335 e. The van der Waals surface area contributed by atoms with E-state index in [9.17, 15) is 4.79 Å². The molecule has 0 radical (unpaired) electrons. The molecule has 2 aromatic rings. The molecule has 0 fully saturated rings. The van der Waals surface area contributed by atoms with Gasteiger partial charge in [-0.2, -0.15) is 5.10 Å². The summed E-state index contributed by atoms with van der Waals surface area (Å²) >= 11 is 6.23. The second-order valence-electron chi connectivity index (χ2n) is 5.25. The van der Waals surface area contributed by atoms with Gasteiger partial charge < -0.3 is 10.6 Å². The van der Waals surface area contributed by atoms with Crippen molar-refractivity contribution >= 4 is 23.3 Å². The van der Waals surface area contributed by atoms with E-state index in [0.29, 0.717) is 16.6 Å². The predicted octanol–water partition coefficient (Wildman–Crippen LogP) is 3.69. The lowest BCUT2D eigenvalue weighted by atomic mass is 10.1. The number of carbonyl (C=O) groups is 1. The number of aromatic nitrogens is 2. The second kappa shape index (κ2) is 6.63. The number of hydrogen-bond acceptors (Lipinski definition) is 2. The third-order valence-corrected chi connectivity index (χ3v) is 3.62. The number of carbonyl (C=O) groups excluding carboxylic acids is 1. The summed E-state index contributed by atoms with van der Waals surface area (Å²) in [5.41, 5.74) is 1.41. The van der Waals surface area contributed by atoms with E-state index in [-0.39, 0.29) is 12.1 Å². The summed E-state index contributed by atoms with van der Waals surface area (Å²) in [6, 6.07) is 7.00. The summed E-state index contributed by atoms with van der Waals surface area (Å²) in [4.78, 5) is 11.9. The zero-order valence-corrected chi connectivity index (χ0v) is 13.1. The molecule has 0 saturated carbocycles. The monoisotopic (exact) mass is 306 g/mol. The highest BCUT2D eigenvalue weighted by atomic mass is 35.5. The van der Waals surface area contributed by atoms with Gasteiger partial charge >= 0.3 is 6.03 Å². The fourth-order valence-corrected chi connectivity index (χ4v) is 1.99. The highest BCUT2D eigenvalue weighted by Crippen LogP contribution is 2.23. The van der Waals surface area contributed by atoms with Crippen LogP contribution in [-0.4, -0.2) is 21.9 Å². The smallest absolute Gasteiger partial charge is 0.319 e. The van der Waals surface area contributed by atoms with E-state index in [0.717, 1.165) is 5.69 Å². The number of nitrogens with one attached hydrogen (secondary N) is 2. The normalized spacial score (nSPS) is 12.2. The highest BCUT2D eigenvalue weighted by molar-refractivity contribution is 6.32. The minimum atomic E-state index is -0.237. The predicted molar refractivity (Wildman–Crippen MR) is 85.0 cm³/mol. The average Bonchev–Trinajstić information content (AvgIpc) is 2.92. The Bertz CT molecular complexity index is 610. The van der Waals surface area contributed by atoms with Gasteiger partial charge in [0, 0.05) is 24.1 Å². The molecule has 1 unspecified atom stereocenters. The lowest BCUT2D eigenvalue weighted by Gasteiger charge is -2.18. The molecule has 0 aliphatic rings. The Kier molecular flexibility index (Phi) is 4.85. The van der Waals surface area contributed by atoms with Gasteiger partial charge in [-0.1, -0.05) is 25.4 Å². The number of amides is 2. The van der Waals surface area contributed by atoms with Gasteiger partial charge in [0.2, 0.25) is 0 Å². The molecule has 2 N–H and O–H groups in total. The van der Waals surface area contributed by atoms with Gasteiger partial charge in [0.1, 0.15) is 0 Å². The van der Waals surface area contributed by atoms with Crippen molar-refractivity contribution in [3.63, 3.8) is 0 Å². The van der Waals surface area contributed by atoms with Crippen LogP contribution in [0.25, 0.3) is 5.69 Å². The Balaban J connectivity index is 2.05. The standard InChI is InChI=1S/C15H19ClN4O/c1-10(2)11(3)18-15(21)19-12-5-6-14(13(16)9-12)20-8-4-7-17-20/h4-11H,1-3H3,(H2,18,19,21). The molecule has 2 rings (SSSR count). The van der Waals surface area contributed by atoms with E-state index in [1.807, 2.05) is 25.3 Å². The first kappa shape index (κ1) is 15.4. The van der Waals surface area contributed by atoms with E-state index in [1.165, 1.54) is 0 Å². The van der Waals surface area contributed by atoms with Crippen LogP contribution in [0.3, 0.4) is 0 Å². The van der Waals surface area contributed by atoms with Crippen LogP contribution in [0, 0.1) is 5.92 Å². The molecule has 1 atom stereocenters. The quantitative estimate of drug-likeness (QED) is 0.905. The summed E-state index contributed by atoms with van der Waals surface area (Å²) in [6.45, 7) is 6.08. The number of urea groups is 1. The molecular weight excluding hydrogens is 288 g/mol. The topological polar surface area (TPSA) is 59.0 Å². The number of anilines is 1. The molecule has 0 saturated heterocycles. The minimum Gasteiger partial charge on any atom is -0.335 e. The first-order valence-electron chi connectivity index (χ1n) is 6.84. The first-order chi connectivity index (χ1) is 9.97. The number of rotatable bonds is 4. The fourth-order valence-electron chi connectivity index (χ4n) is 1.72. The fraction of sp³-hybridized carbons (Fsp3) is 0.333. The van der Waals surface area contributed by atoms with E-state index in [4.69, 9.17) is 11.6 Å². The van der Waals surface area contributed by atoms with Crippen molar-refractivity contribution in [2.75, 3.05) is 5.32 Å². The van der Waals surface area contributed by atoms with Gasteiger partial charge in [-0.05, 0) is 37.1 Å². The summed E-state index contributed by atoms with van der Waals surface area (Å²) in [7, 11) is 0. The van der Waals surface area contributed by atoms with Gasteiger partial charge in [-0.25, -0.2) is 9.48 Å². The maximum absolute atomic E-state index is 11.9. The molecular formula is C15H19ClN4O. The Labute approximate surface area is 129 Å². The van der Waals surface area contributed by atoms with E-state index < -0.39 is 0 Å². The Morgan fingerprint density at radius 1 is 1.33 bits per heavy atom. The van der Waals surface area contributed by atoms with Crippen LogP contribution in [0.2, 0.25) is 5.02 Å². The third kappa shape index (κ3) is 3.98. The van der Waals surface area contributed by atoms with E-state index in [1.54, 1.807) is 23.0 Å². The maximum Gasteiger partial charge on any atom is 0.319 e. The molecule has 1 heterocycles. The zero-order valence-electron chi connectivity index (χ0n) is 12.3. The van der Waals surface area contributed by atoms with Crippen LogP contribution in [0.1, 0.15) is 20.8 Å². The van der Waals surface area contributed by atoms with E-state index >= 15 is 0 Å². The molecule has 1 aromatic heterocycles. The van der Waals surface area contributed by atoms with Gasteiger partial charge in [0.25, 0.3) is 0 Å². The SMILES string of the molecule is CC(C)C(C)NC(=O)Nc1ccc(-n2cccn2)c(Cl)c1. The van der Waals surface area contributed by atoms with Crippen LogP contribution >= 0.6 is 11.6 Å². The summed E-state index contributed by atoms with van der Waals surface area (Å²) < 4.78 is 1.67. The molecule has 2 amide bonds. The van der Waals surface area contributed by atoms with Crippen molar-refractivity contribution < 1.29 is 4.79 Å². The lowest BCUT2D eigenvalue weighted by Crippen LogP contribution is -2.38. The Morgan fingerprint density at radius 2 is 2.10 bits per heavy atom. The Hall–Kier alpha value is -2.01. The van der Waals surface area contributed by atoms with Crippen molar-refractivity contribution in [2.45, 2.75) is 26.8 Å². The molecule has 0 aliphatic heterocycles. The minimum absolute atomic E-state index is 0.101. The average molecular weight is 307 g/mol. The van der Waals surface area contributed by atoms with Gasteiger partial charge in [0.05, 0.1) is 10.7 Å². The van der Waals surface area contributed by atoms with Crippen molar-refractivity contribution in [1.29, 1.82) is 0 Å². The molecule has 21 heavy (non-hydrogen) atoms. The molecule has 0 aliphatic carbocycles. The number of hydrogen-bond donors (Lipinski definition) is 2. The zero-order chi connectivity index (χ0) is 15.4. The van der Waals surface area contributed by atoms with Crippen LogP contribution in [0.4, 0.5) is 10.5 Å². The number of halogens is 1. The summed E-state index contributed by atoms with van der Waals surface area (Å²) in [5, 5.41) is 10.3. The second-order valence-corrected chi connectivity index (χ2v) is 5.66. The van der Waals surface area contributed by atoms with Crippen LogP contribution < -0.4 is 10.6 Å². The van der Waals surface area contributed by atoms with Crippen molar-refractivity contribution in [2.24, 2.45) is 5.92 Å². The first-order valence-corrected chi connectivity index (χ1v) is 7.22. The highest BCUT2D eigenvalue weighted by Gasteiger charge is 2.11. The van der Waals surface area contributed by atoms with Crippen molar-refractivity contribution in [3.8, 4) is 5.69 Å². The van der Waals surface area contributed by atoms with Crippen LogP contribution in [0.5, 0.6) is 0 Å². The number of benzene rings is 1. The maximum atomic E-state index is 11.9. The van der Waals surface area contributed by atoms with Gasteiger partial charge in [-0.3, -0.25) is 0 Å². The summed E-state index contributed by atoms with van der Waals surface area (Å²) in [6.07, 6.45) is 3.49. The van der Waals surface area contributed by atoms with Crippen molar-refractivity contribution in [1.82, 2.24) is 15.1 Å². The van der Waals surface area contributed by atoms with Gasteiger partial charge in [-0.15, -0.1) is 0 Å². The number of nitrogens with zero attached hydrogens (tertiary/aromatic N) is 2. The molecule has 5 nitrogen and oxygen atoms in total. The summed E-state index contributed by atoms with van der Waals surface area (Å²) in [5.74, 6) is 0.376. The third-order valence-electron chi connectivity index (χ3n) is 3.32. The molecule has 0 spiro atoms. The van der Waals surface area contributed by atoms with Crippen LogP contribution in [0.15, 0.2) is 36.7 Å². The lowest BCUT2D eigenvalue weighted by molar-refractivity contribution is 0.246. The van der Waals surface area contributed by atoms with Gasteiger partial charge in [0.15, 0.2) is 0 Å². The van der Waals surface area contributed by atoms with E-state index in [2.05, 4.69) is 29.6 Å². The van der Waals surface area contributed by atoms with Crippen LogP contribution in [-0.2, 0) is 0 Å². The molecule has 0 bridgehead atoms. The van der Waals surface area contributed by atoms with Crippen molar-refractivity contribution in [3.05, 3.63) is 41.7 Å². The molecule has 6 heteroatoms. The Morgan fingerprint density at radius 3 is 2.67 bits per heavy atom.